The van der Waals surface area contributed by atoms with E-state index in [-0.39, 0.29) is 0 Å². The van der Waals surface area contributed by atoms with Crippen molar-refractivity contribution in [2.45, 2.75) is 13.8 Å². The highest BCUT2D eigenvalue weighted by Crippen LogP contribution is 2.30. The normalized spacial score (nSPS) is 19.5. The van der Waals surface area contributed by atoms with Crippen LogP contribution in [-0.2, 0) is 28.4 Å². The van der Waals surface area contributed by atoms with E-state index in [1.165, 1.54) is 0 Å². The fourth-order valence-electron chi connectivity index (χ4n) is 4.12. The van der Waals surface area contributed by atoms with Crippen molar-refractivity contribution in [1.29, 1.82) is 0 Å². The van der Waals surface area contributed by atoms with Gasteiger partial charge in [-0.25, -0.2) is 0 Å². The van der Waals surface area contributed by atoms with Gasteiger partial charge in [0.05, 0.1) is 90.7 Å². The Bertz CT molecular complexity index is 1100. The van der Waals surface area contributed by atoms with Gasteiger partial charge in [-0.2, -0.15) is 10.2 Å². The second-order valence-corrected chi connectivity index (χ2v) is 9.76. The lowest BCUT2D eigenvalue weighted by molar-refractivity contribution is 0.00708. The lowest BCUT2D eigenvalue weighted by atomic mass is 10.1. The third-order valence-electron chi connectivity index (χ3n) is 6.50. The van der Waals surface area contributed by atoms with Gasteiger partial charge in [-0.1, -0.05) is 0 Å². The van der Waals surface area contributed by atoms with Gasteiger partial charge in [0.1, 0.15) is 26.4 Å². The molecule has 12 nitrogen and oxygen atoms in total. The Labute approximate surface area is 259 Å². The Hall–Kier alpha value is -3.26. The van der Waals surface area contributed by atoms with Gasteiger partial charge in [-0.05, 0) is 50.2 Å². The van der Waals surface area contributed by atoms with Crippen LogP contribution in [0.1, 0.15) is 25.0 Å². The molecule has 0 fully saturated rings. The summed E-state index contributed by atoms with van der Waals surface area (Å²) in [6, 6.07) is 11.4. The number of benzene rings is 2. The van der Waals surface area contributed by atoms with Crippen molar-refractivity contribution in [3.63, 3.8) is 0 Å². The molecule has 0 unspecified atom stereocenters. The van der Waals surface area contributed by atoms with Crippen LogP contribution in [0.25, 0.3) is 0 Å². The van der Waals surface area contributed by atoms with Gasteiger partial charge >= 0.3 is 0 Å². The minimum atomic E-state index is 0.376. The quantitative estimate of drug-likeness (QED) is 0.374. The summed E-state index contributed by atoms with van der Waals surface area (Å²) in [6.07, 6.45) is 0. The van der Waals surface area contributed by atoms with Crippen molar-refractivity contribution in [3.8, 4) is 23.0 Å². The molecule has 0 N–H and O–H groups in total. The second kappa shape index (κ2) is 19.9. The van der Waals surface area contributed by atoms with Crippen LogP contribution in [0.3, 0.4) is 0 Å². The van der Waals surface area contributed by atoms with E-state index in [1.54, 1.807) is 0 Å². The maximum atomic E-state index is 6.00. The Morgan fingerprint density at radius 1 is 0.386 bits per heavy atom. The predicted octanol–water partition coefficient (Wildman–Crippen LogP) is 3.56. The fraction of sp³-hybridized carbons (Fsp3) is 0.562. The molecule has 0 atom stereocenters. The summed E-state index contributed by atoms with van der Waals surface area (Å²) in [6.45, 7) is 11.2. The number of nitrogens with zero attached hydrogens (tertiary/aromatic N) is 2. The summed E-state index contributed by atoms with van der Waals surface area (Å²) >= 11 is 0. The molecule has 0 saturated carbocycles. The van der Waals surface area contributed by atoms with Gasteiger partial charge in [-0.3, -0.25) is 0 Å². The first-order valence-corrected chi connectivity index (χ1v) is 15.1. The molecular weight excluding hydrogens is 572 g/mol. The number of rotatable bonds is 3. The molecule has 44 heavy (non-hydrogen) atoms. The van der Waals surface area contributed by atoms with Crippen molar-refractivity contribution in [2.24, 2.45) is 10.2 Å². The highest BCUT2D eigenvalue weighted by Gasteiger charge is 2.12. The zero-order valence-corrected chi connectivity index (χ0v) is 25.8. The first kappa shape index (κ1) is 33.6. The average Bonchev–Trinajstić information content (AvgIpc) is 3.06. The summed E-state index contributed by atoms with van der Waals surface area (Å²) in [5.74, 6) is 2.47. The van der Waals surface area contributed by atoms with Crippen LogP contribution in [-0.4, -0.2) is 117 Å². The molecule has 242 valence electrons. The van der Waals surface area contributed by atoms with Gasteiger partial charge in [0.2, 0.25) is 0 Å². The van der Waals surface area contributed by atoms with Crippen molar-refractivity contribution in [2.75, 3.05) is 106 Å². The number of ether oxygens (including phenoxy) is 10. The molecule has 12 heteroatoms. The SMILES string of the molecule is CC(=NN=C(C)c1ccc2c(c1)OCCOCCOCCOCCO2)c1ccc2c(c1)OCCOCCOCCOCCO2. The van der Waals surface area contributed by atoms with E-state index in [9.17, 15) is 0 Å². The summed E-state index contributed by atoms with van der Waals surface area (Å²) < 4.78 is 57.1. The average molecular weight is 617 g/mol. The number of fused-ring (bicyclic) bond motifs is 2. The molecule has 2 aliphatic rings. The zero-order chi connectivity index (χ0) is 30.7. The Morgan fingerprint density at radius 3 is 0.977 bits per heavy atom. The van der Waals surface area contributed by atoms with Crippen LogP contribution in [0.4, 0.5) is 0 Å². The van der Waals surface area contributed by atoms with E-state index >= 15 is 0 Å². The topological polar surface area (TPSA) is 117 Å². The molecule has 0 bridgehead atoms. The van der Waals surface area contributed by atoms with Crippen molar-refractivity contribution < 1.29 is 47.4 Å². The standard InChI is InChI=1S/C32H44N2O10/c1-25(27-3-5-29-31(23-27)43-21-17-39-13-9-35-7-11-37-15-19-41-29)33-34-26(2)28-4-6-30-32(24-28)44-22-18-40-14-10-36-8-12-38-16-20-42-30/h3-6,23-24H,7-22H2,1-2H3. The van der Waals surface area contributed by atoms with Crippen molar-refractivity contribution in [3.05, 3.63) is 47.5 Å². The summed E-state index contributed by atoms with van der Waals surface area (Å²) in [5, 5.41) is 9.02. The molecular formula is C32H44N2O10. The molecule has 2 aromatic carbocycles. The van der Waals surface area contributed by atoms with Gasteiger partial charge in [0.25, 0.3) is 0 Å². The second-order valence-electron chi connectivity index (χ2n) is 9.76. The molecule has 0 aromatic heterocycles. The molecule has 0 radical (unpaired) electrons. The maximum Gasteiger partial charge on any atom is 0.161 e. The van der Waals surface area contributed by atoms with E-state index < -0.39 is 0 Å². The van der Waals surface area contributed by atoms with Crippen molar-refractivity contribution in [1.82, 2.24) is 0 Å². The molecule has 2 heterocycles. The molecule has 2 aromatic rings. The highest BCUT2D eigenvalue weighted by atomic mass is 16.6. The summed E-state index contributed by atoms with van der Waals surface area (Å²) in [4.78, 5) is 0. The monoisotopic (exact) mass is 616 g/mol. The van der Waals surface area contributed by atoms with E-state index in [1.807, 2.05) is 50.2 Å². The zero-order valence-electron chi connectivity index (χ0n) is 25.8. The summed E-state index contributed by atoms with van der Waals surface area (Å²) in [5.41, 5.74) is 3.16. The van der Waals surface area contributed by atoms with Crippen LogP contribution in [0.5, 0.6) is 23.0 Å². The molecule has 2 aliphatic heterocycles. The molecule has 4 rings (SSSR count). The largest absolute Gasteiger partial charge is 0.487 e. The van der Waals surface area contributed by atoms with Crippen LogP contribution in [0.2, 0.25) is 0 Å². The first-order chi connectivity index (χ1) is 21.7. The molecule has 0 aliphatic carbocycles. The van der Waals surface area contributed by atoms with E-state index in [0.29, 0.717) is 129 Å². The smallest absolute Gasteiger partial charge is 0.161 e. The lowest BCUT2D eigenvalue weighted by Crippen LogP contribution is -2.13. The summed E-state index contributed by atoms with van der Waals surface area (Å²) in [7, 11) is 0. The van der Waals surface area contributed by atoms with E-state index in [4.69, 9.17) is 47.4 Å². The van der Waals surface area contributed by atoms with E-state index in [2.05, 4.69) is 10.2 Å². The number of hydrogen-bond acceptors (Lipinski definition) is 12. The van der Waals surface area contributed by atoms with E-state index in [0.717, 1.165) is 22.6 Å². The molecule has 0 spiro atoms. The van der Waals surface area contributed by atoms with Gasteiger partial charge in [0.15, 0.2) is 23.0 Å². The van der Waals surface area contributed by atoms with Crippen LogP contribution >= 0.6 is 0 Å². The minimum absolute atomic E-state index is 0.376. The van der Waals surface area contributed by atoms with Gasteiger partial charge in [-0.15, -0.1) is 0 Å². The van der Waals surface area contributed by atoms with Gasteiger partial charge in [0, 0.05) is 11.1 Å². The third kappa shape index (κ3) is 12.0. The first-order valence-electron chi connectivity index (χ1n) is 15.1. The van der Waals surface area contributed by atoms with Crippen LogP contribution in [0.15, 0.2) is 46.6 Å². The van der Waals surface area contributed by atoms with Crippen LogP contribution < -0.4 is 18.9 Å². The lowest BCUT2D eigenvalue weighted by Gasteiger charge is -2.14. The Balaban J connectivity index is 1.44. The number of hydrogen-bond donors (Lipinski definition) is 0. The Kier molecular flexibility index (Phi) is 15.2. The molecule has 0 saturated heterocycles. The maximum absolute atomic E-state index is 6.00. The molecule has 0 amide bonds. The van der Waals surface area contributed by atoms with Gasteiger partial charge < -0.3 is 47.4 Å². The third-order valence-corrected chi connectivity index (χ3v) is 6.50. The van der Waals surface area contributed by atoms with Crippen LogP contribution in [0, 0.1) is 0 Å². The predicted molar refractivity (Wildman–Crippen MR) is 164 cm³/mol. The highest BCUT2D eigenvalue weighted by molar-refractivity contribution is 6.02. The Morgan fingerprint density at radius 2 is 0.659 bits per heavy atom. The minimum Gasteiger partial charge on any atom is -0.487 e. The van der Waals surface area contributed by atoms with Crippen molar-refractivity contribution >= 4 is 11.4 Å². The fourth-order valence-corrected chi connectivity index (χ4v) is 4.12.